The Balaban J connectivity index is 2.86. The number of nitrogens with zero attached hydrogens (tertiary/aromatic N) is 3. The first-order valence-electron chi connectivity index (χ1n) is 4.98. The van der Waals surface area contributed by atoms with Crippen LogP contribution in [0.25, 0.3) is 0 Å². The molecule has 6 nitrogen and oxygen atoms in total. The molecule has 0 radical (unpaired) electrons. The van der Waals surface area contributed by atoms with E-state index in [-0.39, 0.29) is 11.8 Å². The number of hydrogen-bond acceptors (Lipinski definition) is 5. The lowest BCUT2D eigenvalue weighted by Gasteiger charge is -2.12. The lowest BCUT2D eigenvalue weighted by atomic mass is 10.4. The van der Waals surface area contributed by atoms with Gasteiger partial charge in [0.2, 0.25) is 0 Å². The molecule has 90 valence electrons. The average molecular weight is 245 g/mol. The Morgan fingerprint density at radius 2 is 2.25 bits per heavy atom. The fourth-order valence-electron chi connectivity index (χ4n) is 1.16. The lowest BCUT2D eigenvalue weighted by molar-refractivity contribution is -0.133. The van der Waals surface area contributed by atoms with Gasteiger partial charge in [-0.15, -0.1) is 5.10 Å². The maximum atomic E-state index is 10.5. The third-order valence-corrected chi connectivity index (χ3v) is 2.68. The summed E-state index contributed by atoms with van der Waals surface area (Å²) in [5, 5.41) is 17.0. The van der Waals surface area contributed by atoms with Crippen molar-refractivity contribution < 1.29 is 14.6 Å². The molecule has 0 atom stereocenters. The van der Waals surface area contributed by atoms with Gasteiger partial charge in [-0.3, -0.25) is 9.36 Å². The Morgan fingerprint density at radius 1 is 1.56 bits per heavy atom. The minimum Gasteiger partial charge on any atom is -0.481 e. The zero-order valence-electron chi connectivity index (χ0n) is 9.51. The molecular weight excluding hydrogens is 230 g/mol. The van der Waals surface area contributed by atoms with Crippen LogP contribution in [0, 0.1) is 0 Å². The van der Waals surface area contributed by atoms with E-state index in [1.807, 2.05) is 20.8 Å². The van der Waals surface area contributed by atoms with Crippen LogP contribution >= 0.6 is 11.8 Å². The van der Waals surface area contributed by atoms with E-state index in [1.54, 1.807) is 4.57 Å². The summed E-state index contributed by atoms with van der Waals surface area (Å²) in [6, 6.07) is 0.568. The van der Waals surface area contributed by atoms with Crippen molar-refractivity contribution in [1.29, 1.82) is 0 Å². The van der Waals surface area contributed by atoms with Gasteiger partial charge in [-0.2, -0.15) is 0 Å². The van der Waals surface area contributed by atoms with Crippen molar-refractivity contribution in [2.24, 2.45) is 0 Å². The number of carbonyl (C=O) groups is 1. The van der Waals surface area contributed by atoms with Crippen LogP contribution in [0.2, 0.25) is 0 Å². The minimum absolute atomic E-state index is 0.0308. The molecule has 0 fully saturated rings. The first-order valence-corrected chi connectivity index (χ1v) is 5.97. The molecule has 1 aromatic rings. The van der Waals surface area contributed by atoms with Gasteiger partial charge in [0, 0.05) is 6.04 Å². The van der Waals surface area contributed by atoms with Gasteiger partial charge in [0.25, 0.3) is 0 Å². The fourth-order valence-corrected chi connectivity index (χ4v) is 1.94. The van der Waals surface area contributed by atoms with Crippen molar-refractivity contribution in [2.75, 3.05) is 12.4 Å². The van der Waals surface area contributed by atoms with Gasteiger partial charge >= 0.3 is 12.0 Å². The second kappa shape index (κ2) is 5.74. The summed E-state index contributed by atoms with van der Waals surface area (Å²) in [5.41, 5.74) is 0. The molecule has 0 aliphatic rings. The third kappa shape index (κ3) is 3.13. The molecule has 0 aliphatic carbocycles. The van der Waals surface area contributed by atoms with Crippen LogP contribution in [-0.2, 0) is 4.79 Å². The smallest absolute Gasteiger partial charge is 0.317 e. The van der Waals surface area contributed by atoms with Crippen LogP contribution in [0.1, 0.15) is 26.8 Å². The van der Waals surface area contributed by atoms with Gasteiger partial charge in [0.1, 0.15) is 0 Å². The number of carboxylic acids is 1. The number of ether oxygens (including phenoxy) is 1. The predicted octanol–water partition coefficient (Wildman–Crippen LogP) is 1.43. The summed E-state index contributed by atoms with van der Waals surface area (Å²) in [6.45, 7) is 6.31. The van der Waals surface area contributed by atoms with Gasteiger partial charge in [-0.05, 0) is 20.8 Å². The van der Waals surface area contributed by atoms with E-state index in [0.717, 1.165) is 11.8 Å². The van der Waals surface area contributed by atoms with Crippen LogP contribution < -0.4 is 4.74 Å². The molecule has 1 rings (SSSR count). The molecule has 0 spiro atoms. The third-order valence-electron chi connectivity index (χ3n) is 1.75. The summed E-state index contributed by atoms with van der Waals surface area (Å²) >= 11 is 1.14. The Kier molecular flexibility index (Phi) is 4.60. The van der Waals surface area contributed by atoms with Gasteiger partial charge in [-0.25, -0.2) is 0 Å². The molecule has 1 heterocycles. The zero-order valence-corrected chi connectivity index (χ0v) is 10.3. The molecule has 7 heteroatoms. The SMILES string of the molecule is CCOc1nnc(SCC(=O)O)n1C(C)C. The summed E-state index contributed by atoms with van der Waals surface area (Å²) in [5.74, 6) is -0.905. The van der Waals surface area contributed by atoms with E-state index in [9.17, 15) is 4.79 Å². The van der Waals surface area contributed by atoms with Crippen LogP contribution in [0.3, 0.4) is 0 Å². The normalized spacial score (nSPS) is 10.8. The molecule has 1 N–H and O–H groups in total. The van der Waals surface area contributed by atoms with Crippen molar-refractivity contribution >= 4 is 17.7 Å². The maximum absolute atomic E-state index is 10.5. The first kappa shape index (κ1) is 12.8. The van der Waals surface area contributed by atoms with Crippen molar-refractivity contribution in [1.82, 2.24) is 14.8 Å². The van der Waals surface area contributed by atoms with Crippen molar-refractivity contribution in [3.8, 4) is 6.01 Å². The molecular formula is C9H15N3O3S. The second-order valence-electron chi connectivity index (χ2n) is 3.34. The quantitative estimate of drug-likeness (QED) is 0.764. The Bertz CT molecular complexity index is 365. The molecule has 0 aliphatic heterocycles. The number of rotatable bonds is 6. The Morgan fingerprint density at radius 3 is 2.75 bits per heavy atom. The van der Waals surface area contributed by atoms with E-state index in [2.05, 4.69) is 10.2 Å². The molecule has 0 bridgehead atoms. The first-order chi connectivity index (χ1) is 7.56. The molecule has 0 amide bonds. The van der Waals surface area contributed by atoms with E-state index in [4.69, 9.17) is 9.84 Å². The second-order valence-corrected chi connectivity index (χ2v) is 4.29. The number of aliphatic carboxylic acids is 1. The van der Waals surface area contributed by atoms with E-state index in [0.29, 0.717) is 17.8 Å². The molecule has 16 heavy (non-hydrogen) atoms. The molecule has 0 unspecified atom stereocenters. The van der Waals surface area contributed by atoms with E-state index in [1.165, 1.54) is 0 Å². The summed E-state index contributed by atoms with van der Waals surface area (Å²) in [4.78, 5) is 10.5. The highest BCUT2D eigenvalue weighted by Crippen LogP contribution is 2.25. The van der Waals surface area contributed by atoms with Crippen LogP contribution in [-0.4, -0.2) is 38.2 Å². The van der Waals surface area contributed by atoms with Gasteiger partial charge in [0.15, 0.2) is 5.16 Å². The summed E-state index contributed by atoms with van der Waals surface area (Å²) in [7, 11) is 0. The largest absolute Gasteiger partial charge is 0.481 e. The van der Waals surface area contributed by atoms with Crippen LogP contribution in [0.15, 0.2) is 5.16 Å². The van der Waals surface area contributed by atoms with Gasteiger partial charge < -0.3 is 9.84 Å². The maximum Gasteiger partial charge on any atom is 0.317 e. The highest BCUT2D eigenvalue weighted by Gasteiger charge is 2.16. The van der Waals surface area contributed by atoms with Crippen LogP contribution in [0.4, 0.5) is 0 Å². The number of carboxylic acid groups (broad SMARTS) is 1. The van der Waals surface area contributed by atoms with Crippen molar-refractivity contribution in [3.63, 3.8) is 0 Å². The molecule has 0 saturated carbocycles. The number of thioether (sulfide) groups is 1. The standard InChI is InChI=1S/C9H15N3O3S/c1-4-15-8-10-11-9(12(8)6(2)3)16-5-7(13)14/h6H,4-5H2,1-3H3,(H,13,14). The highest BCUT2D eigenvalue weighted by atomic mass is 32.2. The van der Waals surface area contributed by atoms with Crippen molar-refractivity contribution in [2.45, 2.75) is 32.0 Å². The van der Waals surface area contributed by atoms with Crippen molar-refractivity contribution in [3.05, 3.63) is 0 Å². The summed E-state index contributed by atoms with van der Waals surface area (Å²) < 4.78 is 7.10. The van der Waals surface area contributed by atoms with Crippen LogP contribution in [0.5, 0.6) is 6.01 Å². The van der Waals surface area contributed by atoms with E-state index >= 15 is 0 Å². The molecule has 0 aromatic carbocycles. The monoisotopic (exact) mass is 245 g/mol. The number of hydrogen-bond donors (Lipinski definition) is 1. The average Bonchev–Trinajstić information content (AvgIpc) is 2.58. The molecule has 1 aromatic heterocycles. The van der Waals surface area contributed by atoms with E-state index < -0.39 is 5.97 Å². The zero-order chi connectivity index (χ0) is 12.1. The van der Waals surface area contributed by atoms with Gasteiger partial charge in [0.05, 0.1) is 12.4 Å². The highest BCUT2D eigenvalue weighted by molar-refractivity contribution is 7.99. The fraction of sp³-hybridized carbons (Fsp3) is 0.667. The number of aromatic nitrogens is 3. The molecule has 0 saturated heterocycles. The Hall–Kier alpha value is -1.24. The van der Waals surface area contributed by atoms with Gasteiger partial charge in [-0.1, -0.05) is 16.9 Å². The lowest BCUT2D eigenvalue weighted by Crippen LogP contribution is -2.08. The Labute approximate surface area is 98.0 Å². The minimum atomic E-state index is -0.874. The topological polar surface area (TPSA) is 77.2 Å². The predicted molar refractivity (Wildman–Crippen MR) is 59.9 cm³/mol. The summed E-state index contributed by atoms with van der Waals surface area (Å²) in [6.07, 6.45) is 0.